The van der Waals surface area contributed by atoms with Crippen LogP contribution in [0.3, 0.4) is 0 Å². The van der Waals surface area contributed by atoms with Crippen LogP contribution in [0.2, 0.25) is 0 Å². The molecule has 0 aromatic heterocycles. The average molecular weight is 315 g/mol. The maximum absolute atomic E-state index is 11.9. The number of nitrogens with one attached hydrogen (secondary N) is 2. The number of hydrogen-bond acceptors (Lipinski definition) is 3. The molecule has 2 rings (SSSR count). The summed E-state index contributed by atoms with van der Waals surface area (Å²) in [7, 11) is 0. The van der Waals surface area contributed by atoms with E-state index in [0.29, 0.717) is 5.69 Å². The van der Waals surface area contributed by atoms with Crippen molar-refractivity contribution in [3.05, 3.63) is 54.6 Å². The molecule has 0 bridgehead atoms. The molecule has 0 fully saturated rings. The lowest BCUT2D eigenvalue weighted by Gasteiger charge is -2.13. The highest BCUT2D eigenvalue weighted by atomic mass is 32.2. The van der Waals surface area contributed by atoms with Crippen molar-refractivity contribution in [3.63, 3.8) is 0 Å². The zero-order chi connectivity index (χ0) is 15.9. The minimum Gasteiger partial charge on any atom is -0.352 e. The van der Waals surface area contributed by atoms with Crippen LogP contribution in [-0.4, -0.2) is 18.0 Å². The molecule has 0 spiro atoms. The molecule has 0 aliphatic rings. The van der Waals surface area contributed by atoms with Crippen molar-refractivity contribution in [1.29, 1.82) is 0 Å². The molecule has 0 unspecified atom stereocenters. The van der Waals surface area contributed by atoms with Gasteiger partial charge in [0.2, 0.25) is 5.91 Å². The van der Waals surface area contributed by atoms with Gasteiger partial charge in [0.1, 0.15) is 6.04 Å². The van der Waals surface area contributed by atoms with Gasteiger partial charge in [-0.3, -0.25) is 4.79 Å². The smallest absolute Gasteiger partial charge is 0.312 e. The summed E-state index contributed by atoms with van der Waals surface area (Å²) in [4.78, 5) is 24.8. The number of carbonyl (C=O) groups is 2. The molecular formula is C16H17N3O2S. The van der Waals surface area contributed by atoms with Crippen LogP contribution in [-0.2, 0) is 4.79 Å². The molecule has 3 amide bonds. The van der Waals surface area contributed by atoms with Crippen LogP contribution in [0.25, 0.3) is 0 Å². The van der Waals surface area contributed by atoms with E-state index in [1.165, 1.54) is 0 Å². The van der Waals surface area contributed by atoms with Crippen molar-refractivity contribution in [2.24, 2.45) is 5.73 Å². The van der Waals surface area contributed by atoms with Crippen molar-refractivity contribution >= 4 is 29.4 Å². The number of carbonyl (C=O) groups excluding carboxylic acids is 2. The first kappa shape index (κ1) is 15.9. The van der Waals surface area contributed by atoms with Crippen LogP contribution >= 0.6 is 11.8 Å². The molecular weight excluding hydrogens is 298 g/mol. The van der Waals surface area contributed by atoms with Gasteiger partial charge in [0, 0.05) is 15.5 Å². The molecule has 0 aliphatic carbocycles. The van der Waals surface area contributed by atoms with E-state index in [1.807, 2.05) is 48.5 Å². The highest BCUT2D eigenvalue weighted by molar-refractivity contribution is 7.99. The topological polar surface area (TPSA) is 84.2 Å². The molecule has 5 nitrogen and oxygen atoms in total. The summed E-state index contributed by atoms with van der Waals surface area (Å²) in [5.74, 6) is -0.319. The zero-order valence-electron chi connectivity index (χ0n) is 12.1. The maximum atomic E-state index is 11.9. The lowest BCUT2D eigenvalue weighted by Crippen LogP contribution is -2.44. The summed E-state index contributed by atoms with van der Waals surface area (Å²) in [6.07, 6.45) is 0. The van der Waals surface area contributed by atoms with Crippen molar-refractivity contribution in [2.75, 3.05) is 5.32 Å². The first-order valence-corrected chi connectivity index (χ1v) is 7.56. The Labute approximate surface area is 133 Å². The monoisotopic (exact) mass is 315 g/mol. The van der Waals surface area contributed by atoms with E-state index >= 15 is 0 Å². The normalized spacial score (nSPS) is 11.5. The number of anilines is 1. The van der Waals surface area contributed by atoms with Gasteiger partial charge in [-0.2, -0.15) is 0 Å². The van der Waals surface area contributed by atoms with Crippen LogP contribution in [0.5, 0.6) is 0 Å². The summed E-state index contributed by atoms with van der Waals surface area (Å²) in [6, 6.07) is 16.1. The van der Waals surface area contributed by atoms with E-state index < -0.39 is 12.1 Å². The Morgan fingerprint density at radius 1 is 1.05 bits per heavy atom. The summed E-state index contributed by atoms with van der Waals surface area (Å²) in [5.41, 5.74) is 5.67. The van der Waals surface area contributed by atoms with E-state index in [-0.39, 0.29) is 5.91 Å². The number of rotatable bonds is 5. The second-order valence-corrected chi connectivity index (χ2v) is 5.81. The lowest BCUT2D eigenvalue weighted by molar-refractivity contribution is -0.117. The highest BCUT2D eigenvalue weighted by Crippen LogP contribution is 2.29. The van der Waals surface area contributed by atoms with Gasteiger partial charge in [0.05, 0.1) is 0 Å². The molecule has 0 aliphatic heterocycles. The molecule has 6 heteroatoms. The third-order valence-electron chi connectivity index (χ3n) is 2.83. The number of benzene rings is 2. The van der Waals surface area contributed by atoms with Gasteiger partial charge >= 0.3 is 6.03 Å². The van der Waals surface area contributed by atoms with Crippen LogP contribution in [0.1, 0.15) is 6.92 Å². The molecule has 22 heavy (non-hydrogen) atoms. The van der Waals surface area contributed by atoms with Crippen molar-refractivity contribution in [2.45, 2.75) is 22.8 Å². The molecule has 1 atom stereocenters. The van der Waals surface area contributed by atoms with Crippen LogP contribution in [0.15, 0.2) is 64.4 Å². The number of amides is 3. The fraction of sp³-hybridized carbons (Fsp3) is 0.125. The van der Waals surface area contributed by atoms with Gasteiger partial charge in [-0.05, 0) is 37.3 Å². The van der Waals surface area contributed by atoms with Gasteiger partial charge in [-0.1, -0.05) is 36.0 Å². The predicted octanol–water partition coefficient (Wildman–Crippen LogP) is 2.83. The Kier molecular flexibility index (Phi) is 5.43. The third-order valence-corrected chi connectivity index (χ3v) is 3.83. The van der Waals surface area contributed by atoms with Gasteiger partial charge in [-0.15, -0.1) is 0 Å². The van der Waals surface area contributed by atoms with E-state index in [4.69, 9.17) is 5.73 Å². The Balaban J connectivity index is 2.02. The molecule has 0 heterocycles. The summed E-state index contributed by atoms with van der Waals surface area (Å²) < 4.78 is 0. The molecule has 2 aromatic rings. The molecule has 4 N–H and O–H groups in total. The van der Waals surface area contributed by atoms with Crippen LogP contribution in [0.4, 0.5) is 10.5 Å². The van der Waals surface area contributed by atoms with Gasteiger partial charge in [0.25, 0.3) is 0 Å². The molecule has 0 radical (unpaired) electrons. The predicted molar refractivity (Wildman–Crippen MR) is 87.8 cm³/mol. The second-order valence-electron chi connectivity index (χ2n) is 4.66. The van der Waals surface area contributed by atoms with Gasteiger partial charge in [-0.25, -0.2) is 4.79 Å². The second kappa shape index (κ2) is 7.51. The Bertz CT molecular complexity index is 661. The lowest BCUT2D eigenvalue weighted by atomic mass is 10.2. The Morgan fingerprint density at radius 2 is 1.73 bits per heavy atom. The van der Waals surface area contributed by atoms with E-state index in [0.717, 1.165) is 9.79 Å². The van der Waals surface area contributed by atoms with Crippen molar-refractivity contribution < 1.29 is 9.59 Å². The first-order valence-electron chi connectivity index (χ1n) is 6.74. The zero-order valence-corrected chi connectivity index (χ0v) is 12.9. The number of urea groups is 1. The maximum Gasteiger partial charge on any atom is 0.312 e. The Hall–Kier alpha value is -2.47. The largest absolute Gasteiger partial charge is 0.352 e. The Morgan fingerprint density at radius 3 is 2.41 bits per heavy atom. The number of hydrogen-bond donors (Lipinski definition) is 3. The number of primary amides is 1. The molecule has 2 aromatic carbocycles. The van der Waals surface area contributed by atoms with E-state index in [9.17, 15) is 9.59 Å². The van der Waals surface area contributed by atoms with Crippen molar-refractivity contribution in [1.82, 2.24) is 5.32 Å². The highest BCUT2D eigenvalue weighted by Gasteiger charge is 2.14. The fourth-order valence-electron chi connectivity index (χ4n) is 1.79. The minimum atomic E-state index is -0.726. The first-order chi connectivity index (χ1) is 10.5. The molecule has 114 valence electrons. The average Bonchev–Trinajstić information content (AvgIpc) is 2.48. The molecule has 0 saturated heterocycles. The molecule has 0 saturated carbocycles. The summed E-state index contributed by atoms with van der Waals surface area (Å²) in [6.45, 7) is 1.57. The fourth-order valence-corrected chi connectivity index (χ4v) is 2.69. The number of nitrogens with two attached hydrogens (primary N) is 1. The van der Waals surface area contributed by atoms with Crippen LogP contribution in [0, 0.1) is 0 Å². The van der Waals surface area contributed by atoms with Gasteiger partial charge < -0.3 is 16.4 Å². The summed E-state index contributed by atoms with van der Waals surface area (Å²) in [5, 5.41) is 5.09. The SMILES string of the molecule is C[C@H](NC(N)=O)C(=O)Nc1cccc(Sc2ccccc2)c1. The minimum absolute atomic E-state index is 0.319. The summed E-state index contributed by atoms with van der Waals surface area (Å²) >= 11 is 1.61. The van der Waals surface area contributed by atoms with E-state index in [2.05, 4.69) is 10.6 Å². The van der Waals surface area contributed by atoms with Crippen molar-refractivity contribution in [3.8, 4) is 0 Å². The third kappa shape index (κ3) is 4.82. The van der Waals surface area contributed by atoms with Gasteiger partial charge in [0.15, 0.2) is 0 Å². The standard InChI is InChI=1S/C16H17N3O2S/c1-11(18-16(17)21)15(20)19-12-6-5-9-14(10-12)22-13-7-3-2-4-8-13/h2-11H,1H3,(H,19,20)(H3,17,18,21)/t11-/m0/s1. The quantitative estimate of drug-likeness (QED) is 0.793. The van der Waals surface area contributed by atoms with E-state index in [1.54, 1.807) is 24.8 Å². The van der Waals surface area contributed by atoms with Crippen LogP contribution < -0.4 is 16.4 Å².